The van der Waals surface area contributed by atoms with Crippen molar-refractivity contribution in [3.63, 3.8) is 0 Å². The maximum atomic E-state index is 13.5. The van der Waals surface area contributed by atoms with Crippen molar-refractivity contribution in [3.8, 4) is 5.75 Å². The molecule has 0 saturated heterocycles. The minimum atomic E-state index is -0.871. The summed E-state index contributed by atoms with van der Waals surface area (Å²) in [6, 6.07) is 33.6. The van der Waals surface area contributed by atoms with E-state index >= 15 is 0 Å². The molecule has 0 aliphatic carbocycles. The third-order valence-corrected chi connectivity index (χ3v) is 7.17. The van der Waals surface area contributed by atoms with Gasteiger partial charge in [-0.3, -0.25) is 9.69 Å². The number of ether oxygens (including phenoxy) is 1. The van der Waals surface area contributed by atoms with Gasteiger partial charge in [-0.25, -0.2) is 4.39 Å². The molecule has 0 aromatic heterocycles. The van der Waals surface area contributed by atoms with Crippen molar-refractivity contribution in [2.24, 2.45) is 0 Å². The molecule has 0 bridgehead atoms. The predicted molar refractivity (Wildman–Crippen MR) is 154 cm³/mol. The second-order valence-electron chi connectivity index (χ2n) is 9.55. The van der Waals surface area contributed by atoms with Crippen molar-refractivity contribution in [1.29, 1.82) is 0 Å². The van der Waals surface area contributed by atoms with Crippen LogP contribution in [0.5, 0.6) is 5.75 Å². The molecule has 0 radical (unpaired) electrons. The van der Waals surface area contributed by atoms with E-state index < -0.39 is 12.6 Å². The third-order valence-electron chi connectivity index (χ3n) is 6.68. The quantitative estimate of drug-likeness (QED) is 0.166. The number of rotatable bonds is 14. The molecule has 0 aliphatic heterocycles. The van der Waals surface area contributed by atoms with Gasteiger partial charge in [0.25, 0.3) is 0 Å². The Labute approximate surface area is 234 Å². The molecule has 4 rings (SSSR count). The fourth-order valence-corrected chi connectivity index (χ4v) is 5.00. The van der Waals surface area contributed by atoms with Gasteiger partial charge >= 0.3 is 5.97 Å². The first-order chi connectivity index (χ1) is 19.0. The highest BCUT2D eigenvalue weighted by molar-refractivity contribution is 6.32. The Morgan fingerprint density at radius 2 is 1.51 bits per heavy atom. The van der Waals surface area contributed by atoms with Crippen LogP contribution in [0.1, 0.15) is 40.2 Å². The van der Waals surface area contributed by atoms with Crippen LogP contribution >= 0.6 is 11.6 Å². The van der Waals surface area contributed by atoms with Gasteiger partial charge in [-0.15, -0.1) is 0 Å². The SMILES string of the molecule is O=C(O)Cc1cccc(OCCCN(Cc2cccc(CF)c2Cl)CC(c2ccccc2)c2ccccc2)c1. The van der Waals surface area contributed by atoms with E-state index in [1.54, 1.807) is 18.2 Å². The van der Waals surface area contributed by atoms with Crippen LogP contribution in [-0.4, -0.2) is 35.7 Å². The molecular weight excluding hydrogens is 513 g/mol. The summed E-state index contributed by atoms with van der Waals surface area (Å²) in [5.74, 6) is -0.0701. The predicted octanol–water partition coefficient (Wildman–Crippen LogP) is 7.54. The van der Waals surface area contributed by atoms with Crippen LogP contribution in [0, 0.1) is 0 Å². The van der Waals surface area contributed by atoms with E-state index in [2.05, 4.69) is 53.4 Å². The first-order valence-corrected chi connectivity index (χ1v) is 13.5. The van der Waals surface area contributed by atoms with Gasteiger partial charge in [-0.1, -0.05) is 103 Å². The molecular formula is C33H33ClFNO3. The Bertz CT molecular complexity index is 1290. The second-order valence-corrected chi connectivity index (χ2v) is 9.93. The summed E-state index contributed by atoms with van der Waals surface area (Å²) in [5, 5.41) is 9.55. The highest BCUT2D eigenvalue weighted by atomic mass is 35.5. The molecule has 0 atom stereocenters. The molecule has 4 nitrogen and oxygen atoms in total. The molecule has 0 unspecified atom stereocenters. The van der Waals surface area contributed by atoms with Gasteiger partial charge in [0.15, 0.2) is 0 Å². The lowest BCUT2D eigenvalue weighted by Gasteiger charge is -2.29. The fraction of sp³-hybridized carbons (Fsp3) is 0.242. The van der Waals surface area contributed by atoms with E-state index in [9.17, 15) is 9.18 Å². The van der Waals surface area contributed by atoms with Gasteiger partial charge in [0.05, 0.1) is 18.1 Å². The van der Waals surface area contributed by atoms with E-state index in [4.69, 9.17) is 21.4 Å². The number of alkyl halides is 1. The first kappa shape index (κ1) is 28.3. The zero-order valence-corrected chi connectivity index (χ0v) is 22.6. The van der Waals surface area contributed by atoms with Gasteiger partial charge in [-0.2, -0.15) is 0 Å². The Hall–Kier alpha value is -3.67. The molecule has 0 aliphatic rings. The van der Waals surface area contributed by atoms with E-state index in [-0.39, 0.29) is 12.3 Å². The molecule has 1 N–H and O–H groups in total. The Kier molecular flexibility index (Phi) is 10.5. The number of benzene rings is 4. The van der Waals surface area contributed by atoms with E-state index in [0.717, 1.165) is 25.1 Å². The largest absolute Gasteiger partial charge is 0.494 e. The van der Waals surface area contributed by atoms with Gasteiger partial charge in [0, 0.05) is 31.1 Å². The number of hydrogen-bond donors (Lipinski definition) is 1. The van der Waals surface area contributed by atoms with Crippen LogP contribution < -0.4 is 4.74 Å². The molecule has 39 heavy (non-hydrogen) atoms. The van der Waals surface area contributed by atoms with E-state index in [1.165, 1.54) is 11.1 Å². The Morgan fingerprint density at radius 3 is 2.15 bits per heavy atom. The van der Waals surface area contributed by atoms with Crippen molar-refractivity contribution in [3.05, 3.63) is 136 Å². The lowest BCUT2D eigenvalue weighted by molar-refractivity contribution is -0.136. The molecule has 4 aromatic rings. The van der Waals surface area contributed by atoms with Crippen molar-refractivity contribution >= 4 is 17.6 Å². The minimum Gasteiger partial charge on any atom is -0.494 e. The summed E-state index contributed by atoms with van der Waals surface area (Å²) in [6.07, 6.45) is 0.712. The standard InChI is InChI=1S/C33H33ClFNO3/c34-33-28(22-35)15-8-16-29(33)23-36(18-9-19-39-30-17-7-10-25(20-30)21-32(37)38)24-31(26-11-3-1-4-12-26)27-13-5-2-6-14-27/h1-8,10-17,20,31H,9,18-19,21-24H2,(H,37,38). The van der Waals surface area contributed by atoms with Crippen LogP contribution in [0.25, 0.3) is 0 Å². The molecule has 0 amide bonds. The van der Waals surface area contributed by atoms with Gasteiger partial charge in [0.2, 0.25) is 0 Å². The Balaban J connectivity index is 1.51. The zero-order valence-electron chi connectivity index (χ0n) is 21.8. The molecule has 202 valence electrons. The topological polar surface area (TPSA) is 49.8 Å². The Morgan fingerprint density at radius 1 is 0.872 bits per heavy atom. The normalized spacial score (nSPS) is 11.2. The minimum absolute atomic E-state index is 0.0377. The number of nitrogens with zero attached hydrogens (tertiary/aromatic N) is 1. The molecule has 0 fully saturated rings. The van der Waals surface area contributed by atoms with Crippen LogP contribution in [0.4, 0.5) is 4.39 Å². The van der Waals surface area contributed by atoms with E-state index in [1.807, 2.05) is 36.4 Å². The highest BCUT2D eigenvalue weighted by Gasteiger charge is 2.20. The summed E-state index contributed by atoms with van der Waals surface area (Å²) >= 11 is 6.58. The summed E-state index contributed by atoms with van der Waals surface area (Å²) in [7, 11) is 0. The first-order valence-electron chi connectivity index (χ1n) is 13.1. The number of halogens is 2. The third kappa shape index (κ3) is 8.41. The maximum Gasteiger partial charge on any atom is 0.307 e. The van der Waals surface area contributed by atoms with Crippen LogP contribution in [0.15, 0.2) is 103 Å². The van der Waals surface area contributed by atoms with Gasteiger partial charge in [0.1, 0.15) is 12.4 Å². The molecule has 6 heteroatoms. The smallest absolute Gasteiger partial charge is 0.307 e. The van der Waals surface area contributed by atoms with Crippen molar-refractivity contribution in [2.45, 2.75) is 32.0 Å². The molecule has 4 aromatic carbocycles. The lowest BCUT2D eigenvalue weighted by Crippen LogP contribution is -2.31. The number of carboxylic acid groups (broad SMARTS) is 1. The monoisotopic (exact) mass is 545 g/mol. The number of aliphatic carboxylic acids is 1. The number of hydrogen-bond acceptors (Lipinski definition) is 3. The molecule has 0 spiro atoms. The summed E-state index contributed by atoms with van der Waals surface area (Å²) in [6.45, 7) is 1.95. The van der Waals surface area contributed by atoms with Crippen LogP contribution in [0.2, 0.25) is 5.02 Å². The van der Waals surface area contributed by atoms with E-state index in [0.29, 0.717) is 35.1 Å². The maximum absolute atomic E-state index is 13.5. The number of carboxylic acids is 1. The van der Waals surface area contributed by atoms with Crippen molar-refractivity contribution in [2.75, 3.05) is 19.7 Å². The summed E-state index contributed by atoms with van der Waals surface area (Å²) in [5.41, 5.74) is 4.56. The summed E-state index contributed by atoms with van der Waals surface area (Å²) < 4.78 is 19.5. The van der Waals surface area contributed by atoms with Gasteiger partial charge < -0.3 is 9.84 Å². The lowest BCUT2D eigenvalue weighted by atomic mass is 9.90. The zero-order chi connectivity index (χ0) is 27.5. The fourth-order valence-electron chi connectivity index (χ4n) is 4.76. The number of carbonyl (C=O) groups is 1. The van der Waals surface area contributed by atoms with Crippen molar-refractivity contribution in [1.82, 2.24) is 4.90 Å². The van der Waals surface area contributed by atoms with Gasteiger partial charge in [-0.05, 0) is 40.8 Å². The van der Waals surface area contributed by atoms with Crippen molar-refractivity contribution < 1.29 is 19.0 Å². The highest BCUT2D eigenvalue weighted by Crippen LogP contribution is 2.28. The summed E-state index contributed by atoms with van der Waals surface area (Å²) in [4.78, 5) is 13.4. The van der Waals surface area contributed by atoms with Crippen LogP contribution in [0.3, 0.4) is 0 Å². The average molecular weight is 546 g/mol. The molecule has 0 saturated carbocycles. The molecule has 0 heterocycles. The second kappa shape index (κ2) is 14.5. The van der Waals surface area contributed by atoms with Crippen LogP contribution in [-0.2, 0) is 24.4 Å². The average Bonchev–Trinajstić information content (AvgIpc) is 2.95.